The van der Waals surface area contributed by atoms with Gasteiger partial charge in [0, 0.05) is 5.69 Å². The molecule has 3 N–H and O–H groups in total. The summed E-state index contributed by atoms with van der Waals surface area (Å²) in [6.07, 6.45) is 0. The Hall–Kier alpha value is -2.01. The highest BCUT2D eigenvalue weighted by atomic mass is 32.1. The highest BCUT2D eigenvalue weighted by Gasteiger charge is 2.11. The van der Waals surface area contributed by atoms with Crippen LogP contribution < -0.4 is 10.5 Å². The molecule has 0 unspecified atom stereocenters. The van der Waals surface area contributed by atoms with E-state index in [1.807, 2.05) is 16.8 Å². The highest BCUT2D eigenvalue weighted by Crippen LogP contribution is 2.22. The summed E-state index contributed by atoms with van der Waals surface area (Å²) in [6, 6.07) is 6.52. The Morgan fingerprint density at radius 2 is 2.24 bits per heavy atom. The first-order valence-corrected chi connectivity index (χ1v) is 5.88. The predicted molar refractivity (Wildman–Crippen MR) is 66.5 cm³/mol. The van der Waals surface area contributed by atoms with Crippen molar-refractivity contribution in [2.75, 3.05) is 5.73 Å². The molecule has 0 saturated carbocycles. The van der Waals surface area contributed by atoms with Gasteiger partial charge in [-0.3, -0.25) is 0 Å². The van der Waals surface area contributed by atoms with Crippen LogP contribution >= 0.6 is 11.3 Å². The first kappa shape index (κ1) is 11.5. The molecule has 0 saturated heterocycles. The maximum Gasteiger partial charge on any atom is 0.339 e. The van der Waals surface area contributed by atoms with Crippen molar-refractivity contribution in [1.82, 2.24) is 0 Å². The van der Waals surface area contributed by atoms with Crippen LogP contribution in [0.15, 0.2) is 35.0 Å². The Morgan fingerprint density at radius 1 is 1.41 bits per heavy atom. The van der Waals surface area contributed by atoms with Crippen molar-refractivity contribution < 1.29 is 14.6 Å². The summed E-state index contributed by atoms with van der Waals surface area (Å²) in [5.41, 5.74) is 7.05. The second-order valence-corrected chi connectivity index (χ2v) is 4.26. The summed E-state index contributed by atoms with van der Waals surface area (Å²) < 4.78 is 5.47. The lowest BCUT2D eigenvalue weighted by Gasteiger charge is -2.08. The number of carboxylic acid groups (broad SMARTS) is 1. The number of nitrogens with two attached hydrogens (primary N) is 1. The highest BCUT2D eigenvalue weighted by molar-refractivity contribution is 7.07. The van der Waals surface area contributed by atoms with E-state index in [0.29, 0.717) is 18.0 Å². The molecular formula is C12H11NO3S. The van der Waals surface area contributed by atoms with Crippen molar-refractivity contribution in [3.8, 4) is 5.75 Å². The van der Waals surface area contributed by atoms with Crippen molar-refractivity contribution in [1.29, 1.82) is 0 Å². The van der Waals surface area contributed by atoms with Crippen LogP contribution in [0.3, 0.4) is 0 Å². The van der Waals surface area contributed by atoms with Gasteiger partial charge in [0.15, 0.2) is 0 Å². The number of hydrogen-bond donors (Lipinski definition) is 2. The van der Waals surface area contributed by atoms with Crippen LogP contribution in [-0.2, 0) is 6.61 Å². The summed E-state index contributed by atoms with van der Waals surface area (Å²) in [6.45, 7) is 0.355. The standard InChI is InChI=1S/C12H11NO3S/c13-9-1-2-11(10(5-9)12(14)15)16-6-8-3-4-17-7-8/h1-5,7H,6,13H2,(H,14,15). The number of carboxylic acids is 1. The van der Waals surface area contributed by atoms with E-state index in [0.717, 1.165) is 5.56 Å². The van der Waals surface area contributed by atoms with Crippen molar-refractivity contribution in [2.24, 2.45) is 0 Å². The van der Waals surface area contributed by atoms with Gasteiger partial charge in [-0.25, -0.2) is 4.79 Å². The molecule has 2 aromatic rings. The van der Waals surface area contributed by atoms with E-state index < -0.39 is 5.97 Å². The fourth-order valence-corrected chi connectivity index (χ4v) is 2.03. The van der Waals surface area contributed by atoms with Crippen LogP contribution in [-0.4, -0.2) is 11.1 Å². The zero-order valence-electron chi connectivity index (χ0n) is 8.92. The molecule has 1 aromatic carbocycles. The molecule has 0 amide bonds. The molecule has 88 valence electrons. The maximum atomic E-state index is 11.0. The minimum absolute atomic E-state index is 0.0835. The molecule has 1 heterocycles. The van der Waals surface area contributed by atoms with Crippen LogP contribution in [0.2, 0.25) is 0 Å². The van der Waals surface area contributed by atoms with Crippen molar-refractivity contribution in [2.45, 2.75) is 6.61 Å². The zero-order chi connectivity index (χ0) is 12.3. The number of anilines is 1. The van der Waals surface area contributed by atoms with E-state index in [1.54, 1.807) is 23.5 Å². The number of aromatic carboxylic acids is 1. The van der Waals surface area contributed by atoms with E-state index in [4.69, 9.17) is 15.6 Å². The molecule has 0 aliphatic carbocycles. The van der Waals surface area contributed by atoms with Gasteiger partial charge in [-0.2, -0.15) is 11.3 Å². The molecular weight excluding hydrogens is 238 g/mol. The van der Waals surface area contributed by atoms with Crippen molar-refractivity contribution in [3.63, 3.8) is 0 Å². The quantitative estimate of drug-likeness (QED) is 0.817. The normalized spacial score (nSPS) is 10.1. The van der Waals surface area contributed by atoms with Crippen LogP contribution in [0.25, 0.3) is 0 Å². The fraction of sp³-hybridized carbons (Fsp3) is 0.0833. The average molecular weight is 249 g/mol. The molecule has 0 bridgehead atoms. The Bertz CT molecular complexity index is 523. The van der Waals surface area contributed by atoms with E-state index in [1.165, 1.54) is 6.07 Å². The minimum Gasteiger partial charge on any atom is -0.488 e. The predicted octanol–water partition coefficient (Wildman–Crippen LogP) is 2.61. The number of thiophene rings is 1. The lowest BCUT2D eigenvalue weighted by atomic mass is 10.2. The number of ether oxygens (including phenoxy) is 1. The number of rotatable bonds is 4. The molecule has 4 nitrogen and oxygen atoms in total. The zero-order valence-corrected chi connectivity index (χ0v) is 9.74. The lowest BCUT2D eigenvalue weighted by molar-refractivity contribution is 0.0692. The van der Waals surface area contributed by atoms with Crippen molar-refractivity contribution in [3.05, 3.63) is 46.2 Å². The van der Waals surface area contributed by atoms with Gasteiger partial charge in [0.05, 0.1) is 0 Å². The Labute approximate surface area is 102 Å². The Kier molecular flexibility index (Phi) is 3.30. The number of hydrogen-bond acceptors (Lipinski definition) is 4. The molecule has 0 aliphatic heterocycles. The van der Waals surface area contributed by atoms with Gasteiger partial charge in [-0.05, 0) is 40.6 Å². The van der Waals surface area contributed by atoms with Gasteiger partial charge in [0.2, 0.25) is 0 Å². The summed E-state index contributed by atoms with van der Waals surface area (Å²) in [5, 5.41) is 12.9. The Morgan fingerprint density at radius 3 is 2.88 bits per heavy atom. The monoisotopic (exact) mass is 249 g/mol. The van der Waals surface area contributed by atoms with Crippen LogP contribution in [0.5, 0.6) is 5.75 Å². The van der Waals surface area contributed by atoms with Gasteiger partial charge in [0.1, 0.15) is 17.9 Å². The number of nitrogen functional groups attached to an aromatic ring is 1. The summed E-state index contributed by atoms with van der Waals surface area (Å²) in [5.74, 6) is -0.712. The van der Waals surface area contributed by atoms with Crippen LogP contribution in [0.1, 0.15) is 15.9 Å². The lowest BCUT2D eigenvalue weighted by Crippen LogP contribution is -2.04. The SMILES string of the molecule is Nc1ccc(OCc2ccsc2)c(C(=O)O)c1. The second-order valence-electron chi connectivity index (χ2n) is 3.48. The summed E-state index contributed by atoms with van der Waals surface area (Å²) >= 11 is 1.57. The minimum atomic E-state index is -1.04. The third-order valence-corrected chi connectivity index (χ3v) is 2.94. The van der Waals surface area contributed by atoms with E-state index in [-0.39, 0.29) is 5.56 Å². The van der Waals surface area contributed by atoms with Gasteiger partial charge < -0.3 is 15.6 Å². The van der Waals surface area contributed by atoms with Crippen LogP contribution in [0.4, 0.5) is 5.69 Å². The van der Waals surface area contributed by atoms with Gasteiger partial charge >= 0.3 is 5.97 Å². The van der Waals surface area contributed by atoms with Gasteiger partial charge in [-0.15, -0.1) is 0 Å². The summed E-state index contributed by atoms with van der Waals surface area (Å²) in [4.78, 5) is 11.0. The molecule has 5 heteroatoms. The van der Waals surface area contributed by atoms with E-state index in [9.17, 15) is 4.79 Å². The van der Waals surface area contributed by atoms with Crippen LogP contribution in [0, 0.1) is 0 Å². The maximum absolute atomic E-state index is 11.0. The molecule has 17 heavy (non-hydrogen) atoms. The smallest absolute Gasteiger partial charge is 0.339 e. The van der Waals surface area contributed by atoms with Gasteiger partial charge in [0.25, 0.3) is 0 Å². The average Bonchev–Trinajstić information content (AvgIpc) is 2.80. The summed E-state index contributed by atoms with van der Waals surface area (Å²) in [7, 11) is 0. The van der Waals surface area contributed by atoms with E-state index >= 15 is 0 Å². The first-order chi connectivity index (χ1) is 8.16. The number of benzene rings is 1. The topological polar surface area (TPSA) is 72.5 Å². The fourth-order valence-electron chi connectivity index (χ4n) is 1.38. The molecule has 0 spiro atoms. The number of carbonyl (C=O) groups is 1. The van der Waals surface area contributed by atoms with Crippen molar-refractivity contribution >= 4 is 23.0 Å². The molecule has 0 atom stereocenters. The second kappa shape index (κ2) is 4.88. The molecule has 0 aliphatic rings. The first-order valence-electron chi connectivity index (χ1n) is 4.93. The Balaban J connectivity index is 2.17. The van der Waals surface area contributed by atoms with E-state index in [2.05, 4.69) is 0 Å². The molecule has 1 aromatic heterocycles. The van der Waals surface area contributed by atoms with Gasteiger partial charge in [-0.1, -0.05) is 0 Å². The molecule has 0 fully saturated rings. The third kappa shape index (κ3) is 2.76. The molecule has 2 rings (SSSR count). The largest absolute Gasteiger partial charge is 0.488 e. The molecule has 0 radical (unpaired) electrons. The third-order valence-electron chi connectivity index (χ3n) is 2.21.